The first-order valence-corrected chi connectivity index (χ1v) is 15.4. The van der Waals surface area contributed by atoms with Gasteiger partial charge < -0.3 is 25.0 Å². The minimum atomic E-state index is -3.03. The van der Waals surface area contributed by atoms with E-state index >= 15 is 0 Å². The molecule has 0 radical (unpaired) electrons. The summed E-state index contributed by atoms with van der Waals surface area (Å²) >= 11 is 0. The second kappa shape index (κ2) is 10.8. The predicted molar refractivity (Wildman–Crippen MR) is 153 cm³/mol. The zero-order valence-electron chi connectivity index (χ0n) is 23.1. The third kappa shape index (κ3) is 5.78. The summed E-state index contributed by atoms with van der Waals surface area (Å²) in [7, 11) is -1.42. The summed E-state index contributed by atoms with van der Waals surface area (Å²) < 4.78 is 29.0. The summed E-state index contributed by atoms with van der Waals surface area (Å²) in [5.41, 5.74) is 1.11. The van der Waals surface area contributed by atoms with Crippen LogP contribution in [-0.2, 0) is 14.6 Å². The second-order valence-corrected chi connectivity index (χ2v) is 13.2. The van der Waals surface area contributed by atoms with Crippen LogP contribution in [0.15, 0.2) is 30.7 Å². The summed E-state index contributed by atoms with van der Waals surface area (Å²) in [4.78, 5) is 22.7. The average Bonchev–Trinajstić information content (AvgIpc) is 2.89. The maximum absolute atomic E-state index is 11.8. The highest BCUT2D eigenvalue weighted by Gasteiger charge is 2.39. The molecule has 0 spiro atoms. The quantitative estimate of drug-likeness (QED) is 0.425. The number of nitrogens with zero attached hydrogens (tertiary/aromatic N) is 6. The Labute approximate surface area is 229 Å². The van der Waals surface area contributed by atoms with Crippen LogP contribution in [0.4, 0.5) is 23.4 Å². The summed E-state index contributed by atoms with van der Waals surface area (Å²) in [6.07, 6.45) is 6.66. The number of rotatable bonds is 8. The Hall–Kier alpha value is -3.09. The monoisotopic (exact) mass is 555 g/mol. The number of aromatic nitrogens is 4. The van der Waals surface area contributed by atoms with Crippen molar-refractivity contribution in [3.05, 3.63) is 36.3 Å². The number of hydrogen-bond donors (Lipinski definition) is 2. The molecular formula is C27H37N7O4S. The number of pyridine rings is 2. The van der Waals surface area contributed by atoms with Crippen molar-refractivity contribution in [1.82, 2.24) is 19.9 Å². The van der Waals surface area contributed by atoms with Crippen molar-refractivity contribution in [2.24, 2.45) is 5.92 Å². The third-order valence-electron chi connectivity index (χ3n) is 7.80. The van der Waals surface area contributed by atoms with E-state index in [1.54, 1.807) is 19.4 Å². The lowest BCUT2D eigenvalue weighted by atomic mass is 9.90. The molecule has 12 heteroatoms. The first-order valence-electron chi connectivity index (χ1n) is 13.3. The molecule has 3 aromatic heterocycles. The number of hydrogen-bond acceptors (Lipinski definition) is 11. The van der Waals surface area contributed by atoms with Gasteiger partial charge in [0.05, 0.1) is 18.0 Å². The molecule has 2 fully saturated rings. The Kier molecular flexibility index (Phi) is 7.62. The molecule has 0 saturated carbocycles. The van der Waals surface area contributed by atoms with E-state index in [2.05, 4.69) is 45.9 Å². The summed E-state index contributed by atoms with van der Waals surface area (Å²) in [6.45, 7) is 8.07. The number of β-amino-alcohol motifs (C(OH)–C–C–N with tert-alkyl or cyclic N) is 1. The van der Waals surface area contributed by atoms with Gasteiger partial charge in [-0.25, -0.2) is 23.4 Å². The molecule has 210 valence electrons. The zero-order chi connectivity index (χ0) is 27.9. The van der Waals surface area contributed by atoms with Gasteiger partial charge in [0.25, 0.3) is 0 Å². The minimum Gasteiger partial charge on any atom is -0.389 e. The molecule has 2 aliphatic heterocycles. The highest BCUT2D eigenvalue weighted by molar-refractivity contribution is 7.90. The van der Waals surface area contributed by atoms with Crippen LogP contribution in [0.3, 0.4) is 0 Å². The first kappa shape index (κ1) is 27.5. The largest absolute Gasteiger partial charge is 0.389 e. The van der Waals surface area contributed by atoms with Crippen LogP contribution in [0.2, 0.25) is 0 Å². The van der Waals surface area contributed by atoms with Gasteiger partial charge in [-0.05, 0) is 42.3 Å². The van der Waals surface area contributed by atoms with Gasteiger partial charge in [0.1, 0.15) is 27.3 Å². The summed E-state index contributed by atoms with van der Waals surface area (Å²) in [5.74, 6) is 3.15. The Bertz CT molecular complexity index is 1450. The summed E-state index contributed by atoms with van der Waals surface area (Å²) in [5, 5.41) is 15.7. The molecule has 3 aromatic rings. The van der Waals surface area contributed by atoms with Crippen LogP contribution in [0, 0.1) is 5.92 Å². The predicted octanol–water partition coefficient (Wildman–Crippen LogP) is 2.74. The highest BCUT2D eigenvalue weighted by atomic mass is 32.2. The van der Waals surface area contributed by atoms with E-state index in [0.717, 1.165) is 22.2 Å². The Balaban J connectivity index is 1.40. The number of aliphatic hydroxyl groups is 1. The van der Waals surface area contributed by atoms with Crippen molar-refractivity contribution < 1.29 is 18.3 Å². The fourth-order valence-electron chi connectivity index (χ4n) is 5.52. The molecule has 4 atom stereocenters. The van der Waals surface area contributed by atoms with Gasteiger partial charge in [0.2, 0.25) is 5.95 Å². The fraction of sp³-hybridized carbons (Fsp3) is 0.556. The smallest absolute Gasteiger partial charge is 0.227 e. The maximum atomic E-state index is 11.8. The molecule has 0 aromatic carbocycles. The second-order valence-electron chi connectivity index (χ2n) is 11.0. The molecule has 5 rings (SSSR count). The third-order valence-corrected chi connectivity index (χ3v) is 8.84. The van der Waals surface area contributed by atoms with Crippen molar-refractivity contribution >= 4 is 44.0 Å². The van der Waals surface area contributed by atoms with Crippen molar-refractivity contribution in [3.8, 4) is 0 Å². The van der Waals surface area contributed by atoms with Crippen LogP contribution < -0.4 is 15.1 Å². The zero-order valence-corrected chi connectivity index (χ0v) is 23.9. The molecule has 2 saturated heterocycles. The van der Waals surface area contributed by atoms with Crippen LogP contribution in [-0.4, -0.2) is 90.5 Å². The number of nitrogens with one attached hydrogen (secondary N) is 1. The number of methoxy groups -OCH3 is 1. The van der Waals surface area contributed by atoms with E-state index in [9.17, 15) is 13.5 Å². The van der Waals surface area contributed by atoms with Crippen molar-refractivity contribution in [1.29, 1.82) is 0 Å². The molecule has 11 nitrogen and oxygen atoms in total. The standard InChI is InChI=1S/C27H37N7O4S/c1-16(2)20-11-30-26(34-13-18(17(34)3)15-39(5,36)37)21-12-29-25(10-19(20)21)31-24-6-8-28-27(32-24)33-9-7-23(38-4)22(35)14-33/h6,8,10-12,16-18,22-23,35H,7,9,13-15H2,1-5H3,(H,28,29,31,32)/t17-,18-,22+,23-/m1/s1. The van der Waals surface area contributed by atoms with E-state index < -0.39 is 15.9 Å². The SMILES string of the molecule is CO[C@@H]1CCN(c2nccc(Nc3cc4c(C(C)C)cnc(N5C[C@H](CS(C)(=O)=O)[C@H]5C)c4cn3)n2)C[C@@H]1O. The number of aliphatic hydroxyl groups excluding tert-OH is 1. The summed E-state index contributed by atoms with van der Waals surface area (Å²) in [6, 6.07) is 3.88. The van der Waals surface area contributed by atoms with E-state index in [4.69, 9.17) is 9.72 Å². The van der Waals surface area contributed by atoms with Gasteiger partial charge in [0.15, 0.2) is 0 Å². The average molecular weight is 556 g/mol. The van der Waals surface area contributed by atoms with Gasteiger partial charge in [-0.3, -0.25) is 0 Å². The van der Waals surface area contributed by atoms with Crippen LogP contribution in [0.5, 0.6) is 0 Å². The number of ether oxygens (including phenoxy) is 1. The maximum Gasteiger partial charge on any atom is 0.227 e. The van der Waals surface area contributed by atoms with Gasteiger partial charge in [-0.1, -0.05) is 13.8 Å². The molecular weight excluding hydrogens is 518 g/mol. The lowest BCUT2D eigenvalue weighted by Gasteiger charge is -2.47. The van der Waals surface area contributed by atoms with E-state index in [1.165, 1.54) is 6.26 Å². The molecule has 39 heavy (non-hydrogen) atoms. The molecule has 0 amide bonds. The molecule has 5 heterocycles. The topological polar surface area (TPSA) is 134 Å². The lowest BCUT2D eigenvalue weighted by Crippen LogP contribution is -2.57. The number of anilines is 4. The highest BCUT2D eigenvalue weighted by Crippen LogP contribution is 2.38. The van der Waals surface area contributed by atoms with E-state index in [0.29, 0.717) is 43.6 Å². The molecule has 2 aliphatic rings. The lowest BCUT2D eigenvalue weighted by molar-refractivity contribution is -0.0219. The van der Waals surface area contributed by atoms with Crippen LogP contribution in [0.25, 0.3) is 10.8 Å². The van der Waals surface area contributed by atoms with Gasteiger partial charge in [0, 0.05) is 68.9 Å². The number of fused-ring (bicyclic) bond motifs is 1. The Morgan fingerprint density at radius 1 is 1.15 bits per heavy atom. The minimum absolute atomic E-state index is 0.0741. The van der Waals surface area contributed by atoms with Crippen molar-refractivity contribution in [2.75, 3.05) is 53.9 Å². The number of piperidine rings is 1. The molecule has 0 aliphatic carbocycles. The van der Waals surface area contributed by atoms with E-state index in [-0.39, 0.29) is 29.7 Å². The molecule has 2 N–H and O–H groups in total. The fourth-order valence-corrected chi connectivity index (χ4v) is 6.68. The Morgan fingerprint density at radius 3 is 2.62 bits per heavy atom. The van der Waals surface area contributed by atoms with Crippen LogP contribution in [0.1, 0.15) is 38.7 Å². The van der Waals surface area contributed by atoms with Crippen molar-refractivity contribution in [2.45, 2.75) is 51.4 Å². The first-order chi connectivity index (χ1) is 18.5. The van der Waals surface area contributed by atoms with Gasteiger partial charge in [-0.2, -0.15) is 4.98 Å². The van der Waals surface area contributed by atoms with Crippen molar-refractivity contribution in [3.63, 3.8) is 0 Å². The normalized spacial score (nSPS) is 23.8. The van der Waals surface area contributed by atoms with Gasteiger partial charge in [-0.15, -0.1) is 0 Å². The van der Waals surface area contributed by atoms with Gasteiger partial charge >= 0.3 is 0 Å². The molecule has 0 unspecified atom stereocenters. The Morgan fingerprint density at radius 2 is 1.95 bits per heavy atom. The number of sulfone groups is 1. The van der Waals surface area contributed by atoms with E-state index in [1.807, 2.05) is 23.4 Å². The molecule has 0 bridgehead atoms. The van der Waals surface area contributed by atoms with Crippen LogP contribution >= 0.6 is 0 Å².